The average Bonchev–Trinajstić information content (AvgIpc) is 3.10. The number of nitrogens with zero attached hydrogens (tertiary/aromatic N) is 1. The molecule has 0 radical (unpaired) electrons. The summed E-state index contributed by atoms with van der Waals surface area (Å²) in [6, 6.07) is 17.5. The van der Waals surface area contributed by atoms with E-state index in [-0.39, 0.29) is 17.9 Å². The summed E-state index contributed by atoms with van der Waals surface area (Å²) in [5.74, 6) is -0.478. The number of para-hydroxylation sites is 1. The maximum atomic E-state index is 12.6. The average molecular weight is 376 g/mol. The van der Waals surface area contributed by atoms with Gasteiger partial charge >= 0.3 is 5.97 Å². The molecular formula is C23H24N2O3. The summed E-state index contributed by atoms with van der Waals surface area (Å²) in [4.78, 5) is 30.3. The van der Waals surface area contributed by atoms with Gasteiger partial charge in [0.25, 0.3) is 0 Å². The van der Waals surface area contributed by atoms with E-state index in [2.05, 4.69) is 23.2 Å². The summed E-state index contributed by atoms with van der Waals surface area (Å²) >= 11 is 0. The maximum absolute atomic E-state index is 12.6. The van der Waals surface area contributed by atoms with Crippen molar-refractivity contribution in [1.82, 2.24) is 9.88 Å². The summed E-state index contributed by atoms with van der Waals surface area (Å²) in [6.45, 7) is 1.53. The van der Waals surface area contributed by atoms with Gasteiger partial charge in [-0.1, -0.05) is 48.5 Å². The number of carbonyl (C=O) groups is 2. The number of esters is 1. The second kappa shape index (κ2) is 7.50. The lowest BCUT2D eigenvalue weighted by atomic mass is 9.88. The highest BCUT2D eigenvalue weighted by atomic mass is 16.5. The first kappa shape index (κ1) is 18.3. The Labute approximate surface area is 164 Å². The molecule has 5 heteroatoms. The van der Waals surface area contributed by atoms with E-state index in [1.807, 2.05) is 36.4 Å². The Bertz CT molecular complexity index is 1010. The number of H-pyrrole nitrogens is 1. The predicted octanol–water partition coefficient (Wildman–Crippen LogP) is 3.79. The van der Waals surface area contributed by atoms with Crippen molar-refractivity contribution in [2.45, 2.75) is 38.3 Å². The van der Waals surface area contributed by atoms with E-state index < -0.39 is 6.04 Å². The lowest BCUT2D eigenvalue weighted by Gasteiger charge is -2.40. The van der Waals surface area contributed by atoms with Crippen LogP contribution in [0.3, 0.4) is 0 Å². The zero-order chi connectivity index (χ0) is 19.7. The van der Waals surface area contributed by atoms with Crippen molar-refractivity contribution < 1.29 is 14.3 Å². The normalized spacial score (nSPS) is 18.7. The van der Waals surface area contributed by atoms with E-state index in [9.17, 15) is 9.59 Å². The smallest absolute Gasteiger partial charge is 0.328 e. The number of ether oxygens (including phenoxy) is 1. The Balaban J connectivity index is 1.79. The molecule has 144 valence electrons. The van der Waals surface area contributed by atoms with Gasteiger partial charge in [-0.05, 0) is 30.0 Å². The third-order valence-corrected chi connectivity index (χ3v) is 5.64. The Hall–Kier alpha value is -3.08. The summed E-state index contributed by atoms with van der Waals surface area (Å²) in [6.07, 6.45) is 2.02. The quantitative estimate of drug-likeness (QED) is 0.705. The van der Waals surface area contributed by atoms with Gasteiger partial charge in [0.2, 0.25) is 5.91 Å². The number of amides is 1. The molecule has 1 aliphatic rings. The van der Waals surface area contributed by atoms with Gasteiger partial charge in [-0.2, -0.15) is 0 Å². The van der Waals surface area contributed by atoms with Crippen molar-refractivity contribution in [3.8, 4) is 0 Å². The van der Waals surface area contributed by atoms with E-state index >= 15 is 0 Å². The number of fused-ring (bicyclic) bond motifs is 3. The third-order valence-electron chi connectivity index (χ3n) is 5.64. The molecule has 0 bridgehead atoms. The highest BCUT2D eigenvalue weighted by Gasteiger charge is 2.41. The summed E-state index contributed by atoms with van der Waals surface area (Å²) in [7, 11) is 1.38. The van der Waals surface area contributed by atoms with Crippen LogP contribution in [0.15, 0.2) is 54.6 Å². The number of rotatable bonds is 4. The van der Waals surface area contributed by atoms with Gasteiger partial charge < -0.3 is 14.6 Å². The highest BCUT2D eigenvalue weighted by molar-refractivity contribution is 5.89. The van der Waals surface area contributed by atoms with Crippen molar-refractivity contribution in [2.24, 2.45) is 0 Å². The Morgan fingerprint density at radius 1 is 1.11 bits per heavy atom. The van der Waals surface area contributed by atoms with Gasteiger partial charge in [-0.25, -0.2) is 4.79 Å². The first-order valence-electron chi connectivity index (χ1n) is 9.60. The van der Waals surface area contributed by atoms with Gasteiger partial charge in [0, 0.05) is 29.9 Å². The van der Waals surface area contributed by atoms with Crippen LogP contribution in [0.4, 0.5) is 0 Å². The zero-order valence-electron chi connectivity index (χ0n) is 16.1. The number of aryl methyl sites for hydroxylation is 1. The predicted molar refractivity (Wildman–Crippen MR) is 108 cm³/mol. The number of benzene rings is 2. The van der Waals surface area contributed by atoms with E-state index in [1.54, 1.807) is 4.90 Å². The van der Waals surface area contributed by atoms with Crippen LogP contribution >= 0.6 is 0 Å². The minimum absolute atomic E-state index is 0.113. The molecule has 5 nitrogen and oxygen atoms in total. The van der Waals surface area contributed by atoms with Gasteiger partial charge in [0.05, 0.1) is 13.2 Å². The largest absolute Gasteiger partial charge is 0.467 e. The van der Waals surface area contributed by atoms with Crippen LogP contribution in [-0.4, -0.2) is 34.9 Å². The van der Waals surface area contributed by atoms with E-state index in [0.717, 1.165) is 35.0 Å². The number of nitrogens with one attached hydrogen (secondary N) is 1. The van der Waals surface area contributed by atoms with Crippen molar-refractivity contribution in [1.29, 1.82) is 0 Å². The molecule has 0 fully saturated rings. The molecule has 2 atom stereocenters. The highest BCUT2D eigenvalue weighted by Crippen LogP contribution is 2.39. The first-order valence-corrected chi connectivity index (χ1v) is 9.60. The van der Waals surface area contributed by atoms with Gasteiger partial charge in [0.1, 0.15) is 6.04 Å². The summed E-state index contributed by atoms with van der Waals surface area (Å²) in [5.41, 5.74) is 4.39. The Morgan fingerprint density at radius 3 is 2.54 bits per heavy atom. The fourth-order valence-electron chi connectivity index (χ4n) is 4.38. The van der Waals surface area contributed by atoms with Crippen molar-refractivity contribution in [2.75, 3.05) is 7.11 Å². The van der Waals surface area contributed by atoms with Gasteiger partial charge in [0.15, 0.2) is 0 Å². The van der Waals surface area contributed by atoms with Crippen LogP contribution in [0.5, 0.6) is 0 Å². The summed E-state index contributed by atoms with van der Waals surface area (Å²) < 4.78 is 5.04. The van der Waals surface area contributed by atoms with E-state index in [4.69, 9.17) is 4.74 Å². The van der Waals surface area contributed by atoms with Crippen molar-refractivity contribution >= 4 is 22.8 Å². The van der Waals surface area contributed by atoms with Crippen LogP contribution in [0.2, 0.25) is 0 Å². The third kappa shape index (κ3) is 3.17. The lowest BCUT2D eigenvalue weighted by Crippen LogP contribution is -2.51. The minimum Gasteiger partial charge on any atom is -0.467 e. The molecule has 0 saturated heterocycles. The fourth-order valence-corrected chi connectivity index (χ4v) is 4.38. The van der Waals surface area contributed by atoms with Crippen LogP contribution < -0.4 is 0 Å². The standard InChI is InChI=1S/C23H24N2O3/c1-15(26)25-20(13-12-16-8-4-3-5-9-16)22-18(14-21(25)23(27)28-2)17-10-6-7-11-19(17)24-22/h3-11,20-21,24H,12-14H2,1-2H3. The maximum Gasteiger partial charge on any atom is 0.328 e. The molecule has 0 spiro atoms. The van der Waals surface area contributed by atoms with E-state index in [0.29, 0.717) is 6.42 Å². The van der Waals surface area contributed by atoms with Crippen LogP contribution in [0.25, 0.3) is 10.9 Å². The molecule has 3 aromatic rings. The second-order valence-electron chi connectivity index (χ2n) is 7.27. The van der Waals surface area contributed by atoms with E-state index in [1.165, 1.54) is 19.6 Å². The number of aromatic amines is 1. The molecule has 2 aromatic carbocycles. The molecule has 0 aliphatic carbocycles. The first-order chi connectivity index (χ1) is 13.6. The van der Waals surface area contributed by atoms with Gasteiger partial charge in [-0.15, -0.1) is 0 Å². The SMILES string of the molecule is COC(=O)C1Cc2c([nH]c3ccccc23)C(CCc2ccccc2)N1C(C)=O. The monoisotopic (exact) mass is 376 g/mol. The molecule has 1 aromatic heterocycles. The van der Waals surface area contributed by atoms with Crippen LogP contribution in [0.1, 0.15) is 36.2 Å². The lowest BCUT2D eigenvalue weighted by molar-refractivity contribution is -0.155. The summed E-state index contributed by atoms with van der Waals surface area (Å²) in [5, 5.41) is 1.11. The molecule has 1 amide bonds. The van der Waals surface area contributed by atoms with Crippen LogP contribution in [0, 0.1) is 0 Å². The van der Waals surface area contributed by atoms with Crippen molar-refractivity contribution in [3.05, 3.63) is 71.4 Å². The molecule has 4 rings (SSSR count). The van der Waals surface area contributed by atoms with Crippen molar-refractivity contribution in [3.63, 3.8) is 0 Å². The molecular weight excluding hydrogens is 352 g/mol. The second-order valence-corrected chi connectivity index (χ2v) is 7.27. The molecule has 1 aliphatic heterocycles. The molecule has 1 N–H and O–H groups in total. The number of hydrogen-bond donors (Lipinski definition) is 1. The number of hydrogen-bond acceptors (Lipinski definition) is 3. The number of carbonyl (C=O) groups excluding carboxylic acids is 2. The Kier molecular flexibility index (Phi) is 4.90. The topological polar surface area (TPSA) is 62.4 Å². The number of aromatic nitrogens is 1. The Morgan fingerprint density at radius 2 is 1.82 bits per heavy atom. The zero-order valence-corrected chi connectivity index (χ0v) is 16.1. The molecule has 28 heavy (non-hydrogen) atoms. The molecule has 0 saturated carbocycles. The van der Waals surface area contributed by atoms with Gasteiger partial charge in [-0.3, -0.25) is 4.79 Å². The van der Waals surface area contributed by atoms with Crippen LogP contribution in [-0.2, 0) is 27.2 Å². The minimum atomic E-state index is -0.602. The molecule has 2 heterocycles. The molecule has 2 unspecified atom stereocenters. The number of methoxy groups -OCH3 is 1. The fraction of sp³-hybridized carbons (Fsp3) is 0.304.